The number of aromatic nitrogens is 6. The average molecular weight is 1280 g/mol. The number of hydrogen-bond acceptors (Lipinski definition) is 15. The fourth-order valence-electron chi connectivity index (χ4n) is 12.7. The number of fused-ring (bicyclic) bond motifs is 3. The fourth-order valence-corrected chi connectivity index (χ4v) is 15.4. The number of likely N-dealkylation sites (N-methyl/N-ethyl adjacent to an activating group) is 1. The molecular formula is C72H94N10O5S3. The number of carbonyl (C=O) groups excluding carboxylic acids is 3. The number of nitrogens with zero attached hydrogens (tertiary/aromatic N) is 7. The third-order valence-corrected chi connectivity index (χ3v) is 21.3. The van der Waals surface area contributed by atoms with Crippen LogP contribution in [0.15, 0.2) is 110 Å². The third-order valence-electron chi connectivity index (χ3n) is 18.0. The molecule has 90 heavy (non-hydrogen) atoms. The van der Waals surface area contributed by atoms with Gasteiger partial charge in [-0.2, -0.15) is 0 Å². The molecule has 480 valence electrons. The average Bonchev–Trinajstić information content (AvgIpc) is 3.39. The Labute approximate surface area is 544 Å². The van der Waals surface area contributed by atoms with Gasteiger partial charge in [0.1, 0.15) is 0 Å². The predicted molar refractivity (Wildman–Crippen MR) is 372 cm³/mol. The first-order chi connectivity index (χ1) is 44.1. The third kappa shape index (κ3) is 18.9. The zero-order chi connectivity index (χ0) is 62.4. The highest BCUT2D eigenvalue weighted by Crippen LogP contribution is 2.33. The highest BCUT2D eigenvalue weighted by molar-refractivity contribution is 7.17. The molecule has 18 heteroatoms. The van der Waals surface area contributed by atoms with Gasteiger partial charge in [-0.15, -0.1) is 11.3 Å². The van der Waals surface area contributed by atoms with Gasteiger partial charge >= 0.3 is 0 Å². The molecule has 3 aromatic carbocycles. The second kappa shape index (κ2) is 34.3. The first-order valence-corrected chi connectivity index (χ1v) is 35.7. The van der Waals surface area contributed by atoms with E-state index in [1.165, 1.54) is 60.7 Å². The molecule has 3 fully saturated rings. The lowest BCUT2D eigenvalue weighted by Gasteiger charge is -2.32. The lowest BCUT2D eigenvalue weighted by atomic mass is 9.89. The maximum Gasteiger partial charge on any atom is 0.186 e. The number of carbonyl (C=O) groups is 3. The van der Waals surface area contributed by atoms with E-state index >= 15 is 0 Å². The number of ketones is 3. The second-order valence-corrected chi connectivity index (χ2v) is 28.0. The lowest BCUT2D eigenvalue weighted by molar-refractivity contribution is 0.0384. The van der Waals surface area contributed by atoms with Gasteiger partial charge in [0.15, 0.2) is 27.6 Å². The van der Waals surface area contributed by atoms with Crippen LogP contribution in [0.25, 0.3) is 32.7 Å². The summed E-state index contributed by atoms with van der Waals surface area (Å²) >= 11 is 4.67. The number of H-pyrrole nitrogens is 3. The Kier molecular flexibility index (Phi) is 25.4. The molecule has 3 aliphatic heterocycles. The number of rotatable bonds is 29. The summed E-state index contributed by atoms with van der Waals surface area (Å²) in [5.41, 5.74) is 7.47. The number of thiazole rings is 3. The van der Waals surface area contributed by atoms with Crippen LogP contribution in [0.3, 0.4) is 0 Å². The minimum absolute atomic E-state index is 0.225. The zero-order valence-corrected chi connectivity index (χ0v) is 56.0. The normalized spacial score (nSPS) is 16.0. The Balaban J connectivity index is 0.000000149. The highest BCUT2D eigenvalue weighted by atomic mass is 32.1. The quantitative estimate of drug-likeness (QED) is 0.0380. The molecule has 3 saturated heterocycles. The Morgan fingerprint density at radius 2 is 0.867 bits per heavy atom. The van der Waals surface area contributed by atoms with E-state index in [0.29, 0.717) is 37.0 Å². The van der Waals surface area contributed by atoms with Crippen LogP contribution in [0.5, 0.6) is 0 Å². The van der Waals surface area contributed by atoms with Crippen molar-refractivity contribution in [1.29, 1.82) is 0 Å². The van der Waals surface area contributed by atoms with Crippen LogP contribution < -0.4 is 9.80 Å². The summed E-state index contributed by atoms with van der Waals surface area (Å²) in [6, 6.07) is 25.3. The van der Waals surface area contributed by atoms with E-state index in [1.807, 2.05) is 0 Å². The van der Waals surface area contributed by atoms with Crippen LogP contribution in [-0.2, 0) is 35.2 Å². The van der Waals surface area contributed by atoms with Gasteiger partial charge < -0.3 is 39.1 Å². The Morgan fingerprint density at radius 3 is 1.29 bits per heavy atom. The number of piperazine rings is 1. The number of Topliss-reactive ketones (excluding diaryl/α,β-unsaturated/α-hetero) is 3. The van der Waals surface area contributed by atoms with E-state index in [-0.39, 0.29) is 17.3 Å². The second-order valence-electron chi connectivity index (χ2n) is 24.8. The van der Waals surface area contributed by atoms with Crippen LogP contribution >= 0.6 is 34.0 Å². The number of morpholine rings is 2. The zero-order valence-electron chi connectivity index (χ0n) is 53.5. The Hall–Kier alpha value is -6.38. The molecule has 0 radical (unpaired) electrons. The molecule has 0 spiro atoms. The number of ether oxygens (including phenoxy) is 2. The number of para-hydroxylation sites is 3. The molecule has 3 atom stereocenters. The van der Waals surface area contributed by atoms with Crippen LogP contribution in [-0.4, -0.2) is 149 Å². The monoisotopic (exact) mass is 1270 g/mol. The number of nitrogens with one attached hydrogen (secondary N) is 3. The summed E-state index contributed by atoms with van der Waals surface area (Å²) in [4.78, 5) is 74.6. The van der Waals surface area contributed by atoms with E-state index in [9.17, 15) is 14.4 Å². The summed E-state index contributed by atoms with van der Waals surface area (Å²) in [7, 11) is 2.15. The van der Waals surface area contributed by atoms with Crippen molar-refractivity contribution in [2.45, 2.75) is 124 Å². The number of aromatic amines is 3. The van der Waals surface area contributed by atoms with Crippen molar-refractivity contribution in [2.24, 2.45) is 17.8 Å². The number of benzene rings is 3. The number of anilines is 2. The predicted octanol–water partition coefficient (Wildman–Crippen LogP) is 15.2. The summed E-state index contributed by atoms with van der Waals surface area (Å²) in [6.07, 6.45) is 27.4. The van der Waals surface area contributed by atoms with Crippen molar-refractivity contribution in [3.05, 3.63) is 146 Å². The van der Waals surface area contributed by atoms with Crippen LogP contribution in [0.4, 0.5) is 10.3 Å². The SMILES string of the molecule is CCCCC(CC(=O)c1cnc(CCN2CCOCC2)s1)Cc1c[nH]c2ccccc12.CCCCC(CC(=O)c1cnc(N2CCN(C)CC2)s1)Cc1c[nH]c2ccccc12.CCCCC(CC(=O)c1cnc(N2CCOCC2)s1)Cc1c[nH]c2ccccc12. The minimum atomic E-state index is 0.225. The molecule has 0 aliphatic carbocycles. The molecule has 6 aromatic heterocycles. The lowest BCUT2D eigenvalue weighted by Crippen LogP contribution is -2.44. The standard InChI is InChI=1S/C25H33N3O2S.C24H32N4OS.C23H29N3O2S/c1-2-3-6-19(15-20-17-26-22-8-5-4-7-21(20)22)16-23(29)24-18-27-25(31-24)9-10-28-11-13-30-14-12-28;1-3-4-7-18(14-19-16-25-21-9-6-5-8-20(19)21)15-22(29)23-17-26-24(30-23)28-12-10-27(2)11-13-28;1-2-3-6-17(13-18-15-24-20-8-5-4-7-19(18)20)14-21(27)22-16-25-23(29-22)26-9-11-28-12-10-26/h4-5,7-8,17-19,26H,2-3,6,9-16H2,1H3;5-6,8-9,16-18,25H,3-4,7,10-15H2,1-2H3;4-5,7-8,15-17,24H,2-3,6,9-14H2,1H3. The topological polar surface area (TPSA) is 169 Å². The molecular weight excluding hydrogens is 1180 g/mol. The van der Waals surface area contributed by atoms with Crippen LogP contribution in [0.1, 0.15) is 149 Å². The van der Waals surface area contributed by atoms with Gasteiger partial charge in [0, 0.05) is 142 Å². The smallest absolute Gasteiger partial charge is 0.186 e. The first kappa shape index (κ1) is 66.5. The minimum Gasteiger partial charge on any atom is -0.379 e. The summed E-state index contributed by atoms with van der Waals surface area (Å²) in [5, 5.41) is 6.83. The van der Waals surface area contributed by atoms with Crippen molar-refractivity contribution in [3.8, 4) is 0 Å². The Bertz CT molecular complexity index is 3630. The van der Waals surface area contributed by atoms with Gasteiger partial charge in [-0.05, 0) is 98.2 Å². The molecule has 9 heterocycles. The fraction of sp³-hybridized carbons (Fsp3) is 0.500. The van der Waals surface area contributed by atoms with E-state index in [1.54, 1.807) is 41.3 Å². The van der Waals surface area contributed by atoms with Gasteiger partial charge in [0.25, 0.3) is 0 Å². The molecule has 3 N–H and O–H groups in total. The molecule has 12 rings (SSSR count). The molecule has 0 amide bonds. The van der Waals surface area contributed by atoms with Gasteiger partial charge in [-0.25, -0.2) is 15.0 Å². The number of unbranched alkanes of at least 4 members (excludes halogenated alkanes) is 3. The summed E-state index contributed by atoms with van der Waals surface area (Å²) in [6.45, 7) is 18.5. The maximum absolute atomic E-state index is 13.1. The molecule has 9 aromatic rings. The van der Waals surface area contributed by atoms with E-state index < -0.39 is 0 Å². The van der Waals surface area contributed by atoms with E-state index in [4.69, 9.17) is 9.47 Å². The van der Waals surface area contributed by atoms with Gasteiger partial charge in [0.05, 0.1) is 58.5 Å². The van der Waals surface area contributed by atoms with Crippen molar-refractivity contribution >= 4 is 94.3 Å². The van der Waals surface area contributed by atoms with Crippen LogP contribution in [0.2, 0.25) is 0 Å². The van der Waals surface area contributed by atoms with Crippen molar-refractivity contribution < 1.29 is 23.9 Å². The molecule has 15 nitrogen and oxygen atoms in total. The van der Waals surface area contributed by atoms with Crippen LogP contribution in [0, 0.1) is 17.8 Å². The van der Waals surface area contributed by atoms with Crippen molar-refractivity contribution in [2.75, 3.05) is 102 Å². The van der Waals surface area contributed by atoms with Gasteiger partial charge in [-0.3, -0.25) is 19.3 Å². The molecule has 0 bridgehead atoms. The Morgan fingerprint density at radius 1 is 0.489 bits per heavy atom. The first-order valence-electron chi connectivity index (χ1n) is 33.3. The number of hydrogen-bond donors (Lipinski definition) is 3. The molecule has 3 unspecified atom stereocenters. The van der Waals surface area contributed by atoms with E-state index in [2.05, 4.69) is 169 Å². The maximum atomic E-state index is 13.1. The van der Waals surface area contributed by atoms with Gasteiger partial charge in [-0.1, -0.05) is 137 Å². The summed E-state index contributed by atoms with van der Waals surface area (Å²) in [5.74, 6) is 1.81. The van der Waals surface area contributed by atoms with E-state index in [0.717, 1.165) is 199 Å². The van der Waals surface area contributed by atoms with Gasteiger partial charge in [0.2, 0.25) is 0 Å². The molecule has 3 aliphatic rings. The van der Waals surface area contributed by atoms with Crippen molar-refractivity contribution in [1.82, 2.24) is 39.7 Å². The summed E-state index contributed by atoms with van der Waals surface area (Å²) < 4.78 is 10.8. The largest absolute Gasteiger partial charge is 0.379 e. The van der Waals surface area contributed by atoms with Crippen molar-refractivity contribution in [3.63, 3.8) is 0 Å². The molecule has 0 saturated carbocycles. The highest BCUT2D eigenvalue weighted by Gasteiger charge is 2.25.